The molecule has 4 nitrogen and oxygen atoms in total. The number of aliphatic carboxylic acids is 1. The number of nitrogens with zero attached hydrogens (tertiary/aromatic N) is 1. The minimum Gasteiger partial charge on any atom is -0.480 e. The molecule has 0 aromatic heterocycles. The van der Waals surface area contributed by atoms with Gasteiger partial charge in [0.05, 0.1) is 5.92 Å². The summed E-state index contributed by atoms with van der Waals surface area (Å²) < 4.78 is 0. The predicted octanol–water partition coefficient (Wildman–Crippen LogP) is 2.32. The lowest BCUT2D eigenvalue weighted by molar-refractivity contribution is -0.152. The van der Waals surface area contributed by atoms with Crippen molar-refractivity contribution in [3.63, 3.8) is 0 Å². The SMILES string of the molecule is Cc1ccc(C2CCC3CCC(C(=O)O)N3C2=O)cc1. The molecule has 0 saturated carbocycles. The maximum Gasteiger partial charge on any atom is 0.326 e. The molecule has 1 aromatic rings. The first-order valence-corrected chi connectivity index (χ1v) is 7.19. The predicted molar refractivity (Wildman–Crippen MR) is 74.4 cm³/mol. The molecule has 0 bridgehead atoms. The largest absolute Gasteiger partial charge is 0.480 e. The van der Waals surface area contributed by atoms with Crippen LogP contribution in [0.4, 0.5) is 0 Å². The Morgan fingerprint density at radius 2 is 1.80 bits per heavy atom. The molecule has 106 valence electrons. The van der Waals surface area contributed by atoms with Crippen LogP contribution in [-0.2, 0) is 9.59 Å². The number of hydrogen-bond donors (Lipinski definition) is 1. The van der Waals surface area contributed by atoms with Crippen molar-refractivity contribution in [1.29, 1.82) is 0 Å². The molecule has 20 heavy (non-hydrogen) atoms. The average Bonchev–Trinajstić information content (AvgIpc) is 2.85. The fraction of sp³-hybridized carbons (Fsp3) is 0.500. The zero-order chi connectivity index (χ0) is 14.3. The summed E-state index contributed by atoms with van der Waals surface area (Å²) in [6, 6.07) is 7.50. The molecule has 2 fully saturated rings. The quantitative estimate of drug-likeness (QED) is 0.899. The third kappa shape index (κ3) is 2.09. The van der Waals surface area contributed by atoms with E-state index in [0.29, 0.717) is 6.42 Å². The van der Waals surface area contributed by atoms with E-state index < -0.39 is 12.0 Å². The Bertz CT molecular complexity index is 537. The molecule has 4 heteroatoms. The molecule has 3 unspecified atom stereocenters. The molecular weight excluding hydrogens is 254 g/mol. The second-order valence-electron chi connectivity index (χ2n) is 5.87. The van der Waals surface area contributed by atoms with Crippen LogP contribution in [0.3, 0.4) is 0 Å². The maximum absolute atomic E-state index is 12.7. The third-order valence-electron chi connectivity index (χ3n) is 4.61. The number of aryl methyl sites for hydroxylation is 1. The van der Waals surface area contributed by atoms with Gasteiger partial charge in [-0.2, -0.15) is 0 Å². The summed E-state index contributed by atoms with van der Waals surface area (Å²) in [6.45, 7) is 2.02. The number of carboxylic acids is 1. The molecule has 0 spiro atoms. The van der Waals surface area contributed by atoms with E-state index >= 15 is 0 Å². The number of benzene rings is 1. The summed E-state index contributed by atoms with van der Waals surface area (Å²) in [5.74, 6) is -1.05. The number of fused-ring (bicyclic) bond motifs is 1. The van der Waals surface area contributed by atoms with Gasteiger partial charge in [-0.3, -0.25) is 4.79 Å². The molecule has 2 aliphatic heterocycles. The third-order valence-corrected chi connectivity index (χ3v) is 4.61. The van der Waals surface area contributed by atoms with Crippen LogP contribution in [0, 0.1) is 6.92 Å². The fourth-order valence-corrected chi connectivity index (χ4v) is 3.51. The minimum atomic E-state index is -0.870. The van der Waals surface area contributed by atoms with Gasteiger partial charge in [0, 0.05) is 6.04 Å². The fourth-order valence-electron chi connectivity index (χ4n) is 3.51. The number of piperidine rings is 1. The first kappa shape index (κ1) is 13.2. The summed E-state index contributed by atoms with van der Waals surface area (Å²) in [7, 11) is 0. The topological polar surface area (TPSA) is 57.6 Å². The lowest BCUT2D eigenvalue weighted by atomic mass is 9.86. The lowest BCUT2D eigenvalue weighted by Gasteiger charge is -2.37. The van der Waals surface area contributed by atoms with Gasteiger partial charge in [-0.25, -0.2) is 4.79 Å². The van der Waals surface area contributed by atoms with Crippen molar-refractivity contribution in [3.05, 3.63) is 35.4 Å². The first-order chi connectivity index (χ1) is 9.58. The van der Waals surface area contributed by atoms with Gasteiger partial charge in [-0.15, -0.1) is 0 Å². The smallest absolute Gasteiger partial charge is 0.326 e. The van der Waals surface area contributed by atoms with E-state index in [1.807, 2.05) is 31.2 Å². The van der Waals surface area contributed by atoms with Crippen LogP contribution in [0.15, 0.2) is 24.3 Å². The van der Waals surface area contributed by atoms with Gasteiger partial charge in [-0.1, -0.05) is 29.8 Å². The molecule has 1 amide bonds. The number of carboxylic acid groups (broad SMARTS) is 1. The Labute approximate surface area is 118 Å². The zero-order valence-corrected chi connectivity index (χ0v) is 11.6. The second-order valence-corrected chi connectivity index (χ2v) is 5.87. The monoisotopic (exact) mass is 273 g/mol. The number of hydrogen-bond acceptors (Lipinski definition) is 2. The van der Waals surface area contributed by atoms with Crippen molar-refractivity contribution in [1.82, 2.24) is 4.90 Å². The lowest BCUT2D eigenvalue weighted by Crippen LogP contribution is -2.49. The summed E-state index contributed by atoms with van der Waals surface area (Å²) >= 11 is 0. The Kier molecular flexibility index (Phi) is 3.24. The summed E-state index contributed by atoms with van der Waals surface area (Å²) in [4.78, 5) is 25.6. The number of amides is 1. The van der Waals surface area contributed by atoms with Gasteiger partial charge in [0.25, 0.3) is 0 Å². The van der Waals surface area contributed by atoms with E-state index in [9.17, 15) is 14.7 Å². The minimum absolute atomic E-state index is 0.00463. The average molecular weight is 273 g/mol. The molecule has 2 heterocycles. The molecule has 2 aliphatic rings. The van der Waals surface area contributed by atoms with Crippen molar-refractivity contribution >= 4 is 11.9 Å². The standard InChI is InChI=1S/C16H19NO3/c1-10-2-4-11(5-3-10)13-8-6-12-7-9-14(16(19)20)17(12)15(13)18/h2-5,12-14H,6-9H2,1H3,(H,19,20). The Morgan fingerprint density at radius 3 is 2.45 bits per heavy atom. The van der Waals surface area contributed by atoms with E-state index in [1.165, 1.54) is 5.56 Å². The van der Waals surface area contributed by atoms with Crippen molar-refractivity contribution in [2.24, 2.45) is 0 Å². The van der Waals surface area contributed by atoms with Gasteiger partial charge in [0.15, 0.2) is 0 Å². The van der Waals surface area contributed by atoms with E-state index in [2.05, 4.69) is 0 Å². The molecule has 3 atom stereocenters. The summed E-state index contributed by atoms with van der Waals surface area (Å²) in [5.41, 5.74) is 2.18. The normalized spacial score (nSPS) is 29.4. The van der Waals surface area contributed by atoms with Gasteiger partial charge in [0.1, 0.15) is 6.04 Å². The molecular formula is C16H19NO3. The van der Waals surface area contributed by atoms with Crippen molar-refractivity contribution in [3.8, 4) is 0 Å². The van der Waals surface area contributed by atoms with Gasteiger partial charge in [-0.05, 0) is 38.2 Å². The van der Waals surface area contributed by atoms with Crippen LogP contribution in [-0.4, -0.2) is 34.0 Å². The van der Waals surface area contributed by atoms with Gasteiger partial charge >= 0.3 is 5.97 Å². The Hall–Kier alpha value is -1.84. The van der Waals surface area contributed by atoms with Crippen LogP contribution in [0.5, 0.6) is 0 Å². The van der Waals surface area contributed by atoms with Crippen LogP contribution < -0.4 is 0 Å². The molecule has 0 radical (unpaired) electrons. The summed E-state index contributed by atoms with van der Waals surface area (Å²) in [5, 5.41) is 9.27. The van der Waals surface area contributed by atoms with Crippen LogP contribution in [0.25, 0.3) is 0 Å². The van der Waals surface area contributed by atoms with Crippen LogP contribution >= 0.6 is 0 Å². The van der Waals surface area contributed by atoms with Crippen molar-refractivity contribution in [2.45, 2.75) is 50.6 Å². The van der Waals surface area contributed by atoms with Crippen molar-refractivity contribution < 1.29 is 14.7 Å². The second kappa shape index (κ2) is 4.93. The number of carbonyl (C=O) groups excluding carboxylic acids is 1. The van der Waals surface area contributed by atoms with E-state index in [0.717, 1.165) is 24.8 Å². The van der Waals surface area contributed by atoms with Gasteiger partial charge < -0.3 is 10.0 Å². The molecule has 1 aromatic carbocycles. The maximum atomic E-state index is 12.7. The molecule has 3 rings (SSSR count). The Balaban J connectivity index is 1.87. The van der Waals surface area contributed by atoms with Crippen LogP contribution in [0.2, 0.25) is 0 Å². The van der Waals surface area contributed by atoms with E-state index in [4.69, 9.17) is 0 Å². The molecule has 0 aliphatic carbocycles. The highest BCUT2D eigenvalue weighted by atomic mass is 16.4. The van der Waals surface area contributed by atoms with E-state index in [-0.39, 0.29) is 17.9 Å². The Morgan fingerprint density at radius 1 is 1.15 bits per heavy atom. The zero-order valence-electron chi connectivity index (χ0n) is 11.6. The number of carbonyl (C=O) groups is 2. The molecule has 2 saturated heterocycles. The van der Waals surface area contributed by atoms with E-state index in [1.54, 1.807) is 4.90 Å². The highest BCUT2D eigenvalue weighted by molar-refractivity contribution is 5.89. The van der Waals surface area contributed by atoms with Crippen LogP contribution in [0.1, 0.15) is 42.7 Å². The van der Waals surface area contributed by atoms with Gasteiger partial charge in [0.2, 0.25) is 5.91 Å². The number of rotatable bonds is 2. The first-order valence-electron chi connectivity index (χ1n) is 7.19. The summed E-state index contributed by atoms with van der Waals surface area (Å²) in [6.07, 6.45) is 3.15. The highest BCUT2D eigenvalue weighted by Crippen LogP contribution is 2.38. The molecule has 1 N–H and O–H groups in total. The van der Waals surface area contributed by atoms with Crippen molar-refractivity contribution in [2.75, 3.05) is 0 Å². The highest BCUT2D eigenvalue weighted by Gasteiger charge is 2.46.